The number of allylic oxidation sites excluding steroid dienone is 1. The van der Waals surface area contributed by atoms with Gasteiger partial charge in [-0.25, -0.2) is 0 Å². The van der Waals surface area contributed by atoms with Crippen LogP contribution in [0.25, 0.3) is 0 Å². The Bertz CT molecular complexity index is 1150. The van der Waals surface area contributed by atoms with Crippen molar-refractivity contribution in [2.45, 2.75) is 18.9 Å². The molecule has 7 nitrogen and oxygen atoms in total. The first-order valence-corrected chi connectivity index (χ1v) is 12.0. The van der Waals surface area contributed by atoms with E-state index in [0.29, 0.717) is 25.0 Å². The van der Waals surface area contributed by atoms with E-state index in [1.807, 2.05) is 24.3 Å². The van der Waals surface area contributed by atoms with Crippen molar-refractivity contribution in [3.05, 3.63) is 56.7 Å². The second kappa shape index (κ2) is 7.70. The number of nitrogens with two attached hydrogens (primary N) is 1. The summed E-state index contributed by atoms with van der Waals surface area (Å²) >= 11 is 3.50. The minimum absolute atomic E-state index is 0.0329. The number of nitrogens with one attached hydrogen (secondary N) is 1. The maximum absolute atomic E-state index is 10.4. The first kappa shape index (κ1) is 22.2. The Balaban J connectivity index is 1.77. The summed E-state index contributed by atoms with van der Waals surface area (Å²) in [4.78, 5) is 4.50. The Morgan fingerprint density at radius 2 is 1.76 bits per heavy atom. The van der Waals surface area contributed by atoms with Crippen molar-refractivity contribution >= 4 is 21.8 Å². The summed E-state index contributed by atoms with van der Waals surface area (Å²) in [5.41, 5.74) is 8.36. The van der Waals surface area contributed by atoms with Gasteiger partial charge in [-0.15, -0.1) is 0 Å². The molecule has 0 amide bonds. The van der Waals surface area contributed by atoms with Crippen molar-refractivity contribution in [3.63, 3.8) is 0 Å². The van der Waals surface area contributed by atoms with Gasteiger partial charge in [0, 0.05) is 28.9 Å². The summed E-state index contributed by atoms with van der Waals surface area (Å²) < 4.78 is 7.19. The quantitative estimate of drug-likeness (QED) is 0.603. The highest BCUT2D eigenvalue weighted by atomic mass is 79.9. The number of likely N-dealkylation sites (N-methyl/N-ethyl adjacent to an activating group) is 1. The number of benzene rings is 1. The predicted octanol–water partition coefficient (Wildman–Crippen LogP) is 3.33. The van der Waals surface area contributed by atoms with Gasteiger partial charge in [0.15, 0.2) is 5.41 Å². The van der Waals surface area contributed by atoms with Gasteiger partial charge < -0.3 is 20.3 Å². The summed E-state index contributed by atoms with van der Waals surface area (Å²) in [6.07, 6.45) is 1.06. The highest BCUT2D eigenvalue weighted by molar-refractivity contribution is 9.10. The molecule has 3 N–H and O–H groups in total. The van der Waals surface area contributed by atoms with Crippen LogP contribution in [0.15, 0.2) is 51.2 Å². The first-order chi connectivity index (χ1) is 15.8. The summed E-state index contributed by atoms with van der Waals surface area (Å²) in [6.45, 7) is 3.01. The number of fused-ring (bicyclic) bond motifs is 1. The molecule has 33 heavy (non-hydrogen) atoms. The minimum Gasteiger partial charge on any atom is -0.469 e. The molecule has 0 saturated carbocycles. The normalized spacial score (nSPS) is 28.7. The van der Waals surface area contributed by atoms with Gasteiger partial charge in [-0.05, 0) is 68.9 Å². The fraction of sp³-hybridized carbons (Fsp3) is 0.480. The lowest BCUT2D eigenvalue weighted by molar-refractivity contribution is 0.0538. The maximum atomic E-state index is 10.4. The number of nitriles is 2. The number of rotatable bonds is 1. The van der Waals surface area contributed by atoms with Crippen LogP contribution >= 0.6 is 15.9 Å². The van der Waals surface area contributed by atoms with Crippen LogP contribution in [-0.4, -0.2) is 56.0 Å². The molecule has 3 heterocycles. The molecular formula is C25H27BrN6O. The van der Waals surface area contributed by atoms with Crippen molar-refractivity contribution in [3.8, 4) is 12.1 Å². The van der Waals surface area contributed by atoms with E-state index in [1.54, 1.807) is 0 Å². The van der Waals surface area contributed by atoms with Gasteiger partial charge in [0.05, 0.1) is 23.4 Å². The number of hydrogen-bond donors (Lipinski definition) is 2. The van der Waals surface area contributed by atoms with Crippen LogP contribution in [0.1, 0.15) is 24.5 Å². The zero-order valence-corrected chi connectivity index (χ0v) is 20.4. The molecule has 0 aromatic heterocycles. The molecule has 0 bridgehead atoms. The largest absolute Gasteiger partial charge is 0.469 e. The van der Waals surface area contributed by atoms with Gasteiger partial charge in [0.1, 0.15) is 6.10 Å². The molecule has 1 aromatic rings. The van der Waals surface area contributed by atoms with Crippen molar-refractivity contribution in [2.75, 3.05) is 40.3 Å². The van der Waals surface area contributed by atoms with E-state index in [9.17, 15) is 10.5 Å². The van der Waals surface area contributed by atoms with Crippen molar-refractivity contribution in [1.82, 2.24) is 9.80 Å². The molecule has 0 radical (unpaired) electrons. The van der Waals surface area contributed by atoms with E-state index in [1.165, 1.54) is 0 Å². The van der Waals surface area contributed by atoms with Crippen LogP contribution in [0.5, 0.6) is 0 Å². The molecule has 1 aromatic carbocycles. The third kappa shape index (κ3) is 2.94. The highest BCUT2D eigenvalue weighted by Crippen LogP contribution is 2.63. The summed E-state index contributed by atoms with van der Waals surface area (Å²) in [7, 11) is 4.15. The number of halogens is 1. The Labute approximate surface area is 202 Å². The zero-order valence-electron chi connectivity index (χ0n) is 18.9. The van der Waals surface area contributed by atoms with Crippen LogP contribution in [0.2, 0.25) is 0 Å². The number of nitrogens with zero attached hydrogens (tertiary/aromatic N) is 4. The molecule has 2 saturated heterocycles. The van der Waals surface area contributed by atoms with Crippen LogP contribution in [-0.2, 0) is 4.74 Å². The summed E-state index contributed by atoms with van der Waals surface area (Å²) in [5, 5.41) is 29.7. The SMILES string of the molecule is CN1CCC2(CC1)C1=C3C(=C(N)C2(C#N)C#N)C(=N)OC(c2ccc(Br)cc2)C3CN(C)C1. The summed E-state index contributed by atoms with van der Waals surface area (Å²) in [5.74, 6) is -0.0686. The number of likely N-dealkylation sites (tertiary alicyclic amines) is 1. The van der Waals surface area contributed by atoms with Crippen molar-refractivity contribution in [1.29, 1.82) is 15.9 Å². The van der Waals surface area contributed by atoms with Gasteiger partial charge in [-0.1, -0.05) is 28.1 Å². The first-order valence-electron chi connectivity index (χ1n) is 11.2. The molecule has 8 heteroatoms. The fourth-order valence-electron chi connectivity index (χ4n) is 6.38. The van der Waals surface area contributed by atoms with Crippen LogP contribution in [0, 0.1) is 44.8 Å². The second-order valence-corrected chi connectivity index (χ2v) is 10.7. The van der Waals surface area contributed by atoms with Crippen LogP contribution in [0.4, 0.5) is 0 Å². The third-order valence-corrected chi connectivity index (χ3v) is 8.61. The van der Waals surface area contributed by atoms with Gasteiger partial charge in [-0.2, -0.15) is 10.5 Å². The van der Waals surface area contributed by atoms with Crippen LogP contribution < -0.4 is 5.73 Å². The predicted molar refractivity (Wildman–Crippen MR) is 128 cm³/mol. The van der Waals surface area contributed by atoms with Gasteiger partial charge in [0.25, 0.3) is 0 Å². The molecule has 5 rings (SSSR count). The van der Waals surface area contributed by atoms with Crippen LogP contribution in [0.3, 0.4) is 0 Å². The lowest BCUT2D eigenvalue weighted by Crippen LogP contribution is -2.59. The molecule has 2 fully saturated rings. The van der Waals surface area contributed by atoms with Crippen molar-refractivity contribution in [2.24, 2.45) is 22.5 Å². The number of hydrogen-bond acceptors (Lipinski definition) is 7. The fourth-order valence-corrected chi connectivity index (χ4v) is 6.65. The lowest BCUT2D eigenvalue weighted by atomic mass is 9.49. The maximum Gasteiger partial charge on any atom is 0.216 e. The van der Waals surface area contributed by atoms with Gasteiger partial charge in [-0.3, -0.25) is 5.41 Å². The topological polar surface area (TPSA) is 113 Å². The molecule has 1 spiro atoms. The highest BCUT2D eigenvalue weighted by Gasteiger charge is 2.64. The Kier molecular flexibility index (Phi) is 5.17. The second-order valence-electron chi connectivity index (χ2n) is 9.76. The molecule has 170 valence electrons. The molecule has 2 atom stereocenters. The Morgan fingerprint density at radius 1 is 1.12 bits per heavy atom. The lowest BCUT2D eigenvalue weighted by Gasteiger charge is -2.57. The zero-order chi connectivity index (χ0) is 23.5. The van der Waals surface area contributed by atoms with E-state index in [-0.39, 0.29) is 23.6 Å². The van der Waals surface area contributed by atoms with E-state index in [4.69, 9.17) is 15.9 Å². The summed E-state index contributed by atoms with van der Waals surface area (Å²) in [6, 6.07) is 12.7. The van der Waals surface area contributed by atoms with E-state index >= 15 is 0 Å². The monoisotopic (exact) mass is 506 g/mol. The van der Waals surface area contributed by atoms with E-state index < -0.39 is 10.8 Å². The molecule has 3 aliphatic heterocycles. The average Bonchev–Trinajstić information content (AvgIpc) is 2.80. The van der Waals surface area contributed by atoms with Gasteiger partial charge >= 0.3 is 0 Å². The van der Waals surface area contributed by atoms with Gasteiger partial charge in [0.2, 0.25) is 5.90 Å². The number of piperidine rings is 1. The number of ether oxygens (including phenoxy) is 1. The molecule has 4 aliphatic rings. The van der Waals surface area contributed by atoms with E-state index in [0.717, 1.165) is 40.8 Å². The van der Waals surface area contributed by atoms with E-state index in [2.05, 4.69) is 52.0 Å². The minimum atomic E-state index is -1.51. The Hall–Kier alpha value is -2.65. The standard InChI is InChI=1S/C25H27BrN6O/c1-31-9-7-24(8-10-31)18-12-32(2)11-17-19(18)20(22(29)25(24,13-27)14-28)23(30)33-21(17)15-3-5-16(26)6-4-15/h3-6,17,21,30H,7-12,29H2,1-2H3. The molecular weight excluding hydrogens is 480 g/mol. The van der Waals surface area contributed by atoms with Crippen molar-refractivity contribution < 1.29 is 4.74 Å². The Morgan fingerprint density at radius 3 is 2.36 bits per heavy atom. The molecule has 2 unspecified atom stereocenters. The third-order valence-electron chi connectivity index (χ3n) is 8.08. The molecule has 1 aliphatic carbocycles. The average molecular weight is 507 g/mol. The smallest absolute Gasteiger partial charge is 0.216 e.